The summed E-state index contributed by atoms with van der Waals surface area (Å²) in [7, 11) is 1.67. The highest BCUT2D eigenvalue weighted by molar-refractivity contribution is 5.70. The zero-order chi connectivity index (χ0) is 16.9. The van der Waals surface area contributed by atoms with E-state index in [4.69, 9.17) is 9.47 Å². The first-order chi connectivity index (χ1) is 11.7. The van der Waals surface area contributed by atoms with E-state index in [1.807, 2.05) is 19.1 Å². The maximum absolute atomic E-state index is 11.9. The van der Waals surface area contributed by atoms with Crippen LogP contribution >= 0.6 is 0 Å². The van der Waals surface area contributed by atoms with E-state index in [1.165, 1.54) is 11.1 Å². The molecule has 1 heterocycles. The molecule has 0 bridgehead atoms. The number of nitrogens with one attached hydrogen (secondary N) is 1. The molecule has 2 aromatic rings. The number of rotatable bonds is 5. The molecular weight excluding hydrogens is 302 g/mol. The average molecular weight is 325 g/mol. The molecule has 1 N–H and O–H groups in total. The molecule has 0 aromatic heterocycles. The molecule has 0 saturated carbocycles. The summed E-state index contributed by atoms with van der Waals surface area (Å²) in [5.74, 6) is 0.689. The van der Waals surface area contributed by atoms with Crippen LogP contribution < -0.4 is 10.1 Å². The van der Waals surface area contributed by atoms with Crippen LogP contribution in [0.15, 0.2) is 48.5 Å². The molecule has 3 rings (SSSR count). The SMILES string of the molecule is CCOC(=O)CC1Cc2ccccc2C(c2ccc(OC)cc2)N1. The van der Waals surface area contributed by atoms with Gasteiger partial charge in [-0.2, -0.15) is 0 Å². The summed E-state index contributed by atoms with van der Waals surface area (Å²) in [6.45, 7) is 2.26. The third kappa shape index (κ3) is 3.60. The minimum Gasteiger partial charge on any atom is -0.497 e. The molecule has 4 nitrogen and oxygen atoms in total. The van der Waals surface area contributed by atoms with Gasteiger partial charge >= 0.3 is 5.97 Å². The van der Waals surface area contributed by atoms with Gasteiger partial charge in [0.25, 0.3) is 0 Å². The second-order valence-electron chi connectivity index (χ2n) is 5.98. The van der Waals surface area contributed by atoms with Crippen LogP contribution in [0.5, 0.6) is 5.75 Å². The Morgan fingerprint density at radius 1 is 1.17 bits per heavy atom. The smallest absolute Gasteiger partial charge is 0.307 e. The van der Waals surface area contributed by atoms with Gasteiger partial charge in [0.2, 0.25) is 0 Å². The first-order valence-electron chi connectivity index (χ1n) is 8.34. The van der Waals surface area contributed by atoms with Crippen LogP contribution in [0.2, 0.25) is 0 Å². The lowest BCUT2D eigenvalue weighted by Gasteiger charge is -2.33. The monoisotopic (exact) mass is 325 g/mol. The van der Waals surface area contributed by atoms with Gasteiger partial charge in [0.15, 0.2) is 0 Å². The van der Waals surface area contributed by atoms with Gasteiger partial charge in [0.05, 0.1) is 26.2 Å². The van der Waals surface area contributed by atoms with Gasteiger partial charge in [0.1, 0.15) is 5.75 Å². The van der Waals surface area contributed by atoms with Crippen molar-refractivity contribution in [1.82, 2.24) is 5.32 Å². The summed E-state index contributed by atoms with van der Waals surface area (Å²) < 4.78 is 10.4. The van der Waals surface area contributed by atoms with Crippen LogP contribution in [0.1, 0.15) is 36.1 Å². The van der Waals surface area contributed by atoms with Gasteiger partial charge in [0, 0.05) is 6.04 Å². The Labute approximate surface area is 142 Å². The molecular formula is C20H23NO3. The normalized spacial score (nSPS) is 19.4. The second-order valence-corrected chi connectivity index (χ2v) is 5.98. The van der Waals surface area contributed by atoms with Crippen LogP contribution in [-0.2, 0) is 16.0 Å². The highest BCUT2D eigenvalue weighted by Gasteiger charge is 2.28. The Bertz CT molecular complexity index is 696. The molecule has 0 fully saturated rings. The summed E-state index contributed by atoms with van der Waals surface area (Å²) in [6, 6.07) is 16.6. The van der Waals surface area contributed by atoms with Crippen molar-refractivity contribution in [3.8, 4) is 5.75 Å². The second kappa shape index (κ2) is 7.49. The molecule has 1 aliphatic rings. The van der Waals surface area contributed by atoms with Gasteiger partial charge in [-0.25, -0.2) is 0 Å². The van der Waals surface area contributed by atoms with Gasteiger partial charge in [-0.1, -0.05) is 36.4 Å². The van der Waals surface area contributed by atoms with Crippen molar-refractivity contribution in [3.63, 3.8) is 0 Å². The topological polar surface area (TPSA) is 47.6 Å². The first kappa shape index (κ1) is 16.5. The van der Waals surface area contributed by atoms with Gasteiger partial charge in [-0.05, 0) is 42.2 Å². The molecule has 24 heavy (non-hydrogen) atoms. The summed E-state index contributed by atoms with van der Waals surface area (Å²) in [5.41, 5.74) is 3.71. The van der Waals surface area contributed by atoms with E-state index in [2.05, 4.69) is 41.7 Å². The summed E-state index contributed by atoms with van der Waals surface area (Å²) >= 11 is 0. The van der Waals surface area contributed by atoms with E-state index in [0.29, 0.717) is 13.0 Å². The van der Waals surface area contributed by atoms with Crippen molar-refractivity contribution in [3.05, 3.63) is 65.2 Å². The molecule has 1 aliphatic heterocycles. The third-order valence-electron chi connectivity index (χ3n) is 4.40. The Morgan fingerprint density at radius 2 is 1.92 bits per heavy atom. The molecule has 2 unspecified atom stereocenters. The zero-order valence-corrected chi connectivity index (χ0v) is 14.1. The van der Waals surface area contributed by atoms with E-state index >= 15 is 0 Å². The van der Waals surface area contributed by atoms with Gasteiger partial charge in [-0.3, -0.25) is 4.79 Å². The van der Waals surface area contributed by atoms with Crippen LogP contribution in [0.4, 0.5) is 0 Å². The van der Waals surface area contributed by atoms with E-state index in [9.17, 15) is 4.79 Å². The van der Waals surface area contributed by atoms with Crippen molar-refractivity contribution >= 4 is 5.97 Å². The number of carbonyl (C=O) groups excluding carboxylic acids is 1. The quantitative estimate of drug-likeness (QED) is 0.857. The standard InChI is InChI=1S/C20H23NO3/c1-3-24-19(22)13-16-12-15-6-4-5-7-18(15)20(21-16)14-8-10-17(23-2)11-9-14/h4-11,16,20-21H,3,12-13H2,1-2H3. The Balaban J connectivity index is 1.87. The fraction of sp³-hybridized carbons (Fsp3) is 0.350. The highest BCUT2D eigenvalue weighted by atomic mass is 16.5. The predicted molar refractivity (Wildman–Crippen MR) is 93.2 cm³/mol. The lowest BCUT2D eigenvalue weighted by Crippen LogP contribution is -2.41. The summed E-state index contributed by atoms with van der Waals surface area (Å²) in [4.78, 5) is 11.9. The van der Waals surface area contributed by atoms with E-state index in [1.54, 1.807) is 7.11 Å². The number of fused-ring (bicyclic) bond motifs is 1. The van der Waals surface area contributed by atoms with Crippen molar-refractivity contribution in [2.45, 2.75) is 31.8 Å². The molecule has 0 saturated heterocycles. The number of hydrogen-bond acceptors (Lipinski definition) is 4. The van der Waals surface area contributed by atoms with Crippen molar-refractivity contribution < 1.29 is 14.3 Å². The van der Waals surface area contributed by atoms with Crippen molar-refractivity contribution in [2.75, 3.05) is 13.7 Å². The average Bonchev–Trinajstić information content (AvgIpc) is 2.61. The van der Waals surface area contributed by atoms with Crippen LogP contribution in [-0.4, -0.2) is 25.7 Å². The van der Waals surface area contributed by atoms with Crippen LogP contribution in [0.25, 0.3) is 0 Å². The molecule has 2 aromatic carbocycles. The largest absolute Gasteiger partial charge is 0.497 e. The molecule has 2 atom stereocenters. The predicted octanol–water partition coefficient (Wildman–Crippen LogP) is 3.25. The van der Waals surface area contributed by atoms with E-state index in [-0.39, 0.29) is 18.1 Å². The van der Waals surface area contributed by atoms with E-state index in [0.717, 1.165) is 17.7 Å². The molecule has 0 spiro atoms. The minimum atomic E-state index is -0.150. The van der Waals surface area contributed by atoms with E-state index < -0.39 is 0 Å². The molecule has 0 aliphatic carbocycles. The van der Waals surface area contributed by atoms with Crippen molar-refractivity contribution in [2.24, 2.45) is 0 Å². The molecule has 0 radical (unpaired) electrons. The maximum atomic E-state index is 11.9. The Morgan fingerprint density at radius 3 is 2.62 bits per heavy atom. The lowest BCUT2D eigenvalue weighted by molar-refractivity contribution is -0.143. The Hall–Kier alpha value is -2.33. The minimum absolute atomic E-state index is 0.0697. The number of hydrogen-bond donors (Lipinski definition) is 1. The van der Waals surface area contributed by atoms with Crippen LogP contribution in [0.3, 0.4) is 0 Å². The number of ether oxygens (including phenoxy) is 2. The van der Waals surface area contributed by atoms with Gasteiger partial charge < -0.3 is 14.8 Å². The van der Waals surface area contributed by atoms with Crippen molar-refractivity contribution in [1.29, 1.82) is 0 Å². The first-order valence-corrected chi connectivity index (χ1v) is 8.34. The maximum Gasteiger partial charge on any atom is 0.307 e. The summed E-state index contributed by atoms with van der Waals surface area (Å²) in [5, 5.41) is 3.61. The molecule has 0 amide bonds. The number of methoxy groups -OCH3 is 1. The number of carbonyl (C=O) groups is 1. The fourth-order valence-corrected chi connectivity index (χ4v) is 3.28. The molecule has 126 valence electrons. The zero-order valence-electron chi connectivity index (χ0n) is 14.1. The molecule has 4 heteroatoms. The number of benzene rings is 2. The third-order valence-corrected chi connectivity index (χ3v) is 4.40. The van der Waals surface area contributed by atoms with Gasteiger partial charge in [-0.15, -0.1) is 0 Å². The highest BCUT2D eigenvalue weighted by Crippen LogP contribution is 2.32. The Kier molecular flexibility index (Phi) is 5.16. The fourth-order valence-electron chi connectivity index (χ4n) is 3.28. The van der Waals surface area contributed by atoms with Crippen LogP contribution in [0, 0.1) is 0 Å². The lowest BCUT2D eigenvalue weighted by atomic mass is 9.86. The number of esters is 1. The summed E-state index contributed by atoms with van der Waals surface area (Å²) in [6.07, 6.45) is 1.22.